The summed E-state index contributed by atoms with van der Waals surface area (Å²) in [6, 6.07) is 7.51. The highest BCUT2D eigenvalue weighted by Gasteiger charge is 2.21. The van der Waals surface area contributed by atoms with E-state index in [9.17, 15) is 9.90 Å². The zero-order valence-electron chi connectivity index (χ0n) is 11.2. The first-order chi connectivity index (χ1) is 9.74. The van der Waals surface area contributed by atoms with Gasteiger partial charge in [0.05, 0.1) is 23.3 Å². The highest BCUT2D eigenvalue weighted by molar-refractivity contribution is 5.93. The van der Waals surface area contributed by atoms with Gasteiger partial charge in [0.15, 0.2) is 0 Å². The van der Waals surface area contributed by atoms with E-state index in [1.807, 2.05) is 24.3 Å². The fraction of sp³-hybridized carbons (Fsp3) is 0.400. The quantitative estimate of drug-likeness (QED) is 0.856. The lowest BCUT2D eigenvalue weighted by molar-refractivity contribution is 0.0747. The van der Waals surface area contributed by atoms with Crippen LogP contribution in [0.5, 0.6) is 0 Å². The van der Waals surface area contributed by atoms with Gasteiger partial charge < -0.3 is 10.0 Å². The van der Waals surface area contributed by atoms with E-state index in [0.29, 0.717) is 25.2 Å². The van der Waals surface area contributed by atoms with Crippen LogP contribution < -0.4 is 0 Å². The number of aliphatic hydroxyl groups is 1. The summed E-state index contributed by atoms with van der Waals surface area (Å²) < 4.78 is 0. The molecule has 3 rings (SSSR count). The average Bonchev–Trinajstić information content (AvgIpc) is 2.71. The summed E-state index contributed by atoms with van der Waals surface area (Å²) in [7, 11) is 0. The van der Waals surface area contributed by atoms with Crippen LogP contribution in [0.3, 0.4) is 0 Å². The Labute approximate surface area is 117 Å². The van der Waals surface area contributed by atoms with Crippen LogP contribution in [0.1, 0.15) is 29.8 Å². The summed E-state index contributed by atoms with van der Waals surface area (Å²) in [5.41, 5.74) is 1.89. The Balaban J connectivity index is 1.84. The zero-order chi connectivity index (χ0) is 13.9. The van der Waals surface area contributed by atoms with Crippen molar-refractivity contribution in [3.8, 4) is 0 Å². The first kappa shape index (κ1) is 13.0. The number of rotatable bonds is 1. The van der Waals surface area contributed by atoms with Crippen molar-refractivity contribution >= 4 is 16.9 Å². The minimum Gasteiger partial charge on any atom is -0.393 e. The molecule has 1 saturated heterocycles. The SMILES string of the molecule is O=C(c1cnc2ccccc2n1)N1CCCC(O)CC1. The predicted octanol–water partition coefficient (Wildman–Crippen LogP) is 1.62. The van der Waals surface area contributed by atoms with Crippen molar-refractivity contribution in [2.45, 2.75) is 25.4 Å². The first-order valence-corrected chi connectivity index (χ1v) is 6.93. The molecular weight excluding hydrogens is 254 g/mol. The Hall–Kier alpha value is -2.01. The molecule has 20 heavy (non-hydrogen) atoms. The topological polar surface area (TPSA) is 66.3 Å². The third-order valence-electron chi connectivity index (χ3n) is 3.65. The molecule has 1 aliphatic heterocycles. The molecule has 0 saturated carbocycles. The third kappa shape index (κ3) is 2.63. The third-order valence-corrected chi connectivity index (χ3v) is 3.65. The summed E-state index contributed by atoms with van der Waals surface area (Å²) in [6.07, 6.45) is 3.45. The van der Waals surface area contributed by atoms with Crippen LogP contribution in [0.4, 0.5) is 0 Å². The summed E-state index contributed by atoms with van der Waals surface area (Å²) in [5, 5.41) is 9.63. The standard InChI is InChI=1S/C15H17N3O2/c19-11-4-3-8-18(9-7-11)15(20)14-10-16-12-5-1-2-6-13(12)17-14/h1-2,5-6,10-11,19H,3-4,7-9H2. The minimum absolute atomic E-state index is 0.0997. The second-order valence-electron chi connectivity index (χ2n) is 5.12. The highest BCUT2D eigenvalue weighted by atomic mass is 16.3. The van der Waals surface area contributed by atoms with Crippen molar-refractivity contribution in [3.63, 3.8) is 0 Å². The molecule has 1 amide bonds. The molecule has 1 N–H and O–H groups in total. The number of amides is 1. The summed E-state index contributed by atoms with van der Waals surface area (Å²) >= 11 is 0. The molecular formula is C15H17N3O2. The Morgan fingerprint density at radius 2 is 2.00 bits per heavy atom. The molecule has 1 atom stereocenters. The normalized spacial score (nSPS) is 19.9. The highest BCUT2D eigenvalue weighted by Crippen LogP contribution is 2.14. The Bertz CT molecular complexity index is 629. The van der Waals surface area contributed by atoms with E-state index < -0.39 is 0 Å². The lowest BCUT2D eigenvalue weighted by atomic mass is 10.2. The van der Waals surface area contributed by atoms with E-state index in [4.69, 9.17) is 0 Å². The molecule has 0 aliphatic carbocycles. The number of aliphatic hydroxyl groups excluding tert-OH is 1. The first-order valence-electron chi connectivity index (χ1n) is 6.93. The fourth-order valence-corrected chi connectivity index (χ4v) is 2.50. The molecule has 2 aromatic rings. The van der Waals surface area contributed by atoms with Crippen LogP contribution in [0.25, 0.3) is 11.0 Å². The molecule has 5 nitrogen and oxygen atoms in total. The molecule has 0 radical (unpaired) electrons. The Morgan fingerprint density at radius 1 is 1.20 bits per heavy atom. The van der Waals surface area contributed by atoms with E-state index in [1.165, 1.54) is 6.20 Å². The lowest BCUT2D eigenvalue weighted by Gasteiger charge is -2.19. The molecule has 104 valence electrons. The van der Waals surface area contributed by atoms with Crippen LogP contribution in [-0.2, 0) is 0 Å². The number of hydrogen-bond acceptors (Lipinski definition) is 4. The number of fused-ring (bicyclic) bond motifs is 1. The van der Waals surface area contributed by atoms with Gasteiger partial charge in [0.1, 0.15) is 5.69 Å². The monoisotopic (exact) mass is 271 g/mol. The maximum Gasteiger partial charge on any atom is 0.274 e. The average molecular weight is 271 g/mol. The van der Waals surface area contributed by atoms with Gasteiger partial charge in [-0.2, -0.15) is 0 Å². The predicted molar refractivity (Wildman–Crippen MR) is 75.3 cm³/mol. The number of hydrogen-bond donors (Lipinski definition) is 1. The lowest BCUT2D eigenvalue weighted by Crippen LogP contribution is -2.32. The Morgan fingerprint density at radius 3 is 2.85 bits per heavy atom. The van der Waals surface area contributed by atoms with Crippen molar-refractivity contribution in [1.82, 2.24) is 14.9 Å². The molecule has 1 fully saturated rings. The van der Waals surface area contributed by atoms with E-state index in [0.717, 1.165) is 23.9 Å². The van der Waals surface area contributed by atoms with Gasteiger partial charge in [-0.25, -0.2) is 4.98 Å². The van der Waals surface area contributed by atoms with E-state index in [1.54, 1.807) is 4.90 Å². The smallest absolute Gasteiger partial charge is 0.274 e. The number of aromatic nitrogens is 2. The van der Waals surface area contributed by atoms with Gasteiger partial charge in [0.25, 0.3) is 5.91 Å². The van der Waals surface area contributed by atoms with Gasteiger partial charge in [-0.15, -0.1) is 0 Å². The summed E-state index contributed by atoms with van der Waals surface area (Å²) in [4.78, 5) is 22.9. The molecule has 0 spiro atoms. The summed E-state index contributed by atoms with van der Waals surface area (Å²) in [5.74, 6) is -0.0997. The van der Waals surface area contributed by atoms with Crippen LogP contribution in [0.2, 0.25) is 0 Å². The number of benzene rings is 1. The number of carbonyl (C=O) groups is 1. The van der Waals surface area contributed by atoms with E-state index >= 15 is 0 Å². The molecule has 2 heterocycles. The molecule has 1 aromatic heterocycles. The van der Waals surface area contributed by atoms with Gasteiger partial charge >= 0.3 is 0 Å². The van der Waals surface area contributed by atoms with Gasteiger partial charge in [0.2, 0.25) is 0 Å². The molecule has 5 heteroatoms. The Kier molecular flexibility index (Phi) is 3.60. The van der Waals surface area contributed by atoms with Gasteiger partial charge in [-0.3, -0.25) is 9.78 Å². The zero-order valence-corrected chi connectivity index (χ0v) is 11.2. The van der Waals surface area contributed by atoms with Crippen molar-refractivity contribution in [1.29, 1.82) is 0 Å². The fourth-order valence-electron chi connectivity index (χ4n) is 2.50. The van der Waals surface area contributed by atoms with Gasteiger partial charge in [-0.1, -0.05) is 12.1 Å². The number of nitrogens with zero attached hydrogens (tertiary/aromatic N) is 3. The molecule has 0 bridgehead atoms. The van der Waals surface area contributed by atoms with Crippen molar-refractivity contribution < 1.29 is 9.90 Å². The van der Waals surface area contributed by atoms with E-state index in [-0.39, 0.29) is 12.0 Å². The van der Waals surface area contributed by atoms with Crippen molar-refractivity contribution in [2.24, 2.45) is 0 Å². The number of likely N-dealkylation sites (tertiary alicyclic amines) is 1. The van der Waals surface area contributed by atoms with Gasteiger partial charge in [0, 0.05) is 13.1 Å². The second-order valence-corrected chi connectivity index (χ2v) is 5.12. The summed E-state index contributed by atoms with van der Waals surface area (Å²) in [6.45, 7) is 1.25. The largest absolute Gasteiger partial charge is 0.393 e. The van der Waals surface area contributed by atoms with Crippen LogP contribution in [0, 0.1) is 0 Å². The molecule has 1 aromatic carbocycles. The van der Waals surface area contributed by atoms with Crippen molar-refractivity contribution in [3.05, 3.63) is 36.2 Å². The van der Waals surface area contributed by atoms with Crippen LogP contribution in [0.15, 0.2) is 30.5 Å². The van der Waals surface area contributed by atoms with Crippen molar-refractivity contribution in [2.75, 3.05) is 13.1 Å². The molecule has 1 unspecified atom stereocenters. The van der Waals surface area contributed by atoms with Gasteiger partial charge in [-0.05, 0) is 31.4 Å². The van der Waals surface area contributed by atoms with E-state index in [2.05, 4.69) is 9.97 Å². The number of para-hydroxylation sites is 2. The van der Waals surface area contributed by atoms with Crippen LogP contribution >= 0.6 is 0 Å². The molecule has 1 aliphatic rings. The maximum absolute atomic E-state index is 12.4. The minimum atomic E-state index is -0.296. The second kappa shape index (κ2) is 5.54. The van der Waals surface area contributed by atoms with Crippen LogP contribution in [-0.4, -0.2) is 45.1 Å². The number of carbonyl (C=O) groups excluding carboxylic acids is 1. The maximum atomic E-state index is 12.4.